The molecular formula is C15H20N2O3. The zero-order valence-electron chi connectivity index (χ0n) is 11.4. The first-order valence-electron chi connectivity index (χ1n) is 7.20. The number of hydrogen-bond acceptors (Lipinski definition) is 4. The van der Waals surface area contributed by atoms with Crippen LogP contribution < -0.4 is 20.5 Å². The highest BCUT2D eigenvalue weighted by atomic mass is 16.6. The molecule has 2 aliphatic rings. The first-order valence-corrected chi connectivity index (χ1v) is 7.20. The monoisotopic (exact) mass is 276 g/mol. The fourth-order valence-corrected chi connectivity index (χ4v) is 2.78. The number of fused-ring (bicyclic) bond motifs is 1. The molecule has 0 radical (unpaired) electrons. The minimum absolute atomic E-state index is 0.0601. The van der Waals surface area contributed by atoms with Gasteiger partial charge in [-0.15, -0.1) is 0 Å². The average Bonchev–Trinajstić information content (AvgIpc) is 2.49. The summed E-state index contributed by atoms with van der Waals surface area (Å²) in [6.45, 7) is 1.07. The minimum Gasteiger partial charge on any atom is -0.486 e. The summed E-state index contributed by atoms with van der Waals surface area (Å²) < 4.78 is 10.9. The molecule has 5 heteroatoms. The molecule has 1 aliphatic heterocycles. The number of rotatable bonds is 2. The number of amides is 1. The second kappa shape index (κ2) is 5.71. The second-order valence-electron chi connectivity index (χ2n) is 5.39. The van der Waals surface area contributed by atoms with Crippen molar-refractivity contribution in [1.29, 1.82) is 0 Å². The summed E-state index contributed by atoms with van der Waals surface area (Å²) in [5.74, 6) is 1.24. The molecule has 1 amide bonds. The molecular weight excluding hydrogens is 256 g/mol. The standard InChI is InChI=1S/C15H20N2O3/c16-11-3-1-2-4-12(11)17-15(18)10-5-6-13-14(9-10)20-8-7-19-13/h5-6,9,11-12H,1-4,7-8,16H2,(H,17,18)/t11-,12+/m0/s1. The van der Waals surface area contributed by atoms with Crippen LogP contribution in [0.1, 0.15) is 36.0 Å². The van der Waals surface area contributed by atoms with Gasteiger partial charge in [-0.25, -0.2) is 0 Å². The van der Waals surface area contributed by atoms with E-state index in [4.69, 9.17) is 15.2 Å². The van der Waals surface area contributed by atoms with Crippen molar-refractivity contribution in [2.75, 3.05) is 13.2 Å². The molecule has 1 aromatic carbocycles. The van der Waals surface area contributed by atoms with Crippen molar-refractivity contribution in [3.05, 3.63) is 23.8 Å². The fourth-order valence-electron chi connectivity index (χ4n) is 2.78. The molecule has 0 aromatic heterocycles. The molecule has 0 spiro atoms. The number of carbonyl (C=O) groups excluding carboxylic acids is 1. The maximum absolute atomic E-state index is 12.3. The topological polar surface area (TPSA) is 73.6 Å². The van der Waals surface area contributed by atoms with Gasteiger partial charge in [-0.3, -0.25) is 4.79 Å². The van der Waals surface area contributed by atoms with Crippen molar-refractivity contribution in [2.24, 2.45) is 5.73 Å². The van der Waals surface area contributed by atoms with E-state index in [2.05, 4.69) is 5.32 Å². The Balaban J connectivity index is 1.70. The molecule has 0 unspecified atom stereocenters. The Morgan fingerprint density at radius 3 is 2.70 bits per heavy atom. The van der Waals surface area contributed by atoms with E-state index >= 15 is 0 Å². The van der Waals surface area contributed by atoms with Crippen LogP contribution in [0, 0.1) is 0 Å². The molecule has 3 rings (SSSR count). The van der Waals surface area contributed by atoms with Crippen LogP contribution in [0.15, 0.2) is 18.2 Å². The summed E-state index contributed by atoms with van der Waals surface area (Å²) >= 11 is 0. The van der Waals surface area contributed by atoms with Gasteiger partial charge in [-0.1, -0.05) is 12.8 Å². The van der Waals surface area contributed by atoms with Crippen molar-refractivity contribution in [3.8, 4) is 11.5 Å². The Morgan fingerprint density at radius 2 is 1.90 bits per heavy atom. The lowest BCUT2D eigenvalue weighted by molar-refractivity contribution is 0.0920. The first kappa shape index (κ1) is 13.2. The van der Waals surface area contributed by atoms with Crippen LogP contribution in [0.4, 0.5) is 0 Å². The van der Waals surface area contributed by atoms with Crippen molar-refractivity contribution in [1.82, 2.24) is 5.32 Å². The Labute approximate surface area is 118 Å². The van der Waals surface area contributed by atoms with Crippen molar-refractivity contribution in [2.45, 2.75) is 37.8 Å². The lowest BCUT2D eigenvalue weighted by atomic mass is 9.91. The molecule has 3 N–H and O–H groups in total. The van der Waals surface area contributed by atoms with Crippen molar-refractivity contribution in [3.63, 3.8) is 0 Å². The summed E-state index contributed by atoms with van der Waals surface area (Å²) in [7, 11) is 0. The van der Waals surface area contributed by atoms with E-state index in [1.165, 1.54) is 0 Å². The van der Waals surface area contributed by atoms with E-state index in [1.807, 2.05) is 0 Å². The van der Waals surface area contributed by atoms with E-state index in [9.17, 15) is 4.79 Å². The average molecular weight is 276 g/mol. The predicted molar refractivity (Wildman–Crippen MR) is 75.1 cm³/mol. The number of benzene rings is 1. The Kier molecular flexibility index (Phi) is 3.78. The maximum Gasteiger partial charge on any atom is 0.251 e. The second-order valence-corrected chi connectivity index (χ2v) is 5.39. The lowest BCUT2D eigenvalue weighted by Crippen LogP contribution is -2.49. The molecule has 2 atom stereocenters. The van der Waals surface area contributed by atoms with Gasteiger partial charge in [0, 0.05) is 17.6 Å². The molecule has 5 nitrogen and oxygen atoms in total. The fraction of sp³-hybridized carbons (Fsp3) is 0.533. The summed E-state index contributed by atoms with van der Waals surface area (Å²) in [5, 5.41) is 3.03. The highest BCUT2D eigenvalue weighted by Crippen LogP contribution is 2.30. The summed E-state index contributed by atoms with van der Waals surface area (Å²) in [6, 6.07) is 5.41. The largest absolute Gasteiger partial charge is 0.486 e. The number of hydrogen-bond donors (Lipinski definition) is 2. The molecule has 0 saturated heterocycles. The minimum atomic E-state index is -0.0932. The Bertz CT molecular complexity index is 504. The van der Waals surface area contributed by atoms with Gasteiger partial charge in [-0.05, 0) is 31.0 Å². The Hall–Kier alpha value is -1.75. The first-order chi connectivity index (χ1) is 9.74. The van der Waals surface area contributed by atoms with E-state index in [0.29, 0.717) is 30.3 Å². The van der Waals surface area contributed by atoms with Crippen LogP contribution in [0.5, 0.6) is 11.5 Å². The van der Waals surface area contributed by atoms with E-state index in [-0.39, 0.29) is 18.0 Å². The molecule has 108 valence electrons. The van der Waals surface area contributed by atoms with Gasteiger partial charge in [0.15, 0.2) is 11.5 Å². The lowest BCUT2D eigenvalue weighted by Gasteiger charge is -2.29. The van der Waals surface area contributed by atoms with Crippen molar-refractivity contribution >= 4 is 5.91 Å². The van der Waals surface area contributed by atoms with E-state index in [1.54, 1.807) is 18.2 Å². The van der Waals surface area contributed by atoms with Gasteiger partial charge in [-0.2, -0.15) is 0 Å². The van der Waals surface area contributed by atoms with Crippen LogP contribution in [-0.4, -0.2) is 31.2 Å². The van der Waals surface area contributed by atoms with Gasteiger partial charge in [0.1, 0.15) is 13.2 Å². The predicted octanol–water partition coefficient (Wildman–Crippen LogP) is 1.46. The molecule has 1 saturated carbocycles. The quantitative estimate of drug-likeness (QED) is 0.857. The highest BCUT2D eigenvalue weighted by molar-refractivity contribution is 5.95. The number of carbonyl (C=O) groups is 1. The maximum atomic E-state index is 12.3. The zero-order chi connectivity index (χ0) is 13.9. The zero-order valence-corrected chi connectivity index (χ0v) is 11.4. The van der Waals surface area contributed by atoms with Gasteiger partial charge >= 0.3 is 0 Å². The molecule has 1 aliphatic carbocycles. The van der Waals surface area contributed by atoms with Crippen molar-refractivity contribution < 1.29 is 14.3 Å². The molecule has 0 bridgehead atoms. The van der Waals surface area contributed by atoms with Crippen LogP contribution in [0.2, 0.25) is 0 Å². The number of ether oxygens (including phenoxy) is 2. The SMILES string of the molecule is N[C@H]1CCCC[C@H]1NC(=O)c1ccc2c(c1)OCCO2. The Morgan fingerprint density at radius 1 is 1.15 bits per heavy atom. The summed E-state index contributed by atoms with van der Waals surface area (Å²) in [6.07, 6.45) is 4.21. The molecule has 20 heavy (non-hydrogen) atoms. The third-order valence-electron chi connectivity index (χ3n) is 3.94. The van der Waals surface area contributed by atoms with Crippen LogP contribution in [0.3, 0.4) is 0 Å². The summed E-state index contributed by atoms with van der Waals surface area (Å²) in [5.41, 5.74) is 6.65. The normalized spacial score (nSPS) is 25.1. The smallest absolute Gasteiger partial charge is 0.251 e. The number of nitrogens with two attached hydrogens (primary N) is 1. The molecule has 1 fully saturated rings. The van der Waals surface area contributed by atoms with E-state index in [0.717, 1.165) is 25.7 Å². The third kappa shape index (κ3) is 2.72. The van der Waals surface area contributed by atoms with Crippen LogP contribution >= 0.6 is 0 Å². The van der Waals surface area contributed by atoms with Gasteiger partial charge in [0.05, 0.1) is 0 Å². The molecule has 1 heterocycles. The highest BCUT2D eigenvalue weighted by Gasteiger charge is 2.24. The third-order valence-corrected chi connectivity index (χ3v) is 3.94. The van der Waals surface area contributed by atoms with Crippen LogP contribution in [0.25, 0.3) is 0 Å². The molecule has 1 aromatic rings. The number of nitrogens with one attached hydrogen (secondary N) is 1. The van der Waals surface area contributed by atoms with Gasteiger partial charge < -0.3 is 20.5 Å². The van der Waals surface area contributed by atoms with E-state index < -0.39 is 0 Å². The van der Waals surface area contributed by atoms with Crippen LogP contribution in [-0.2, 0) is 0 Å². The summed E-state index contributed by atoms with van der Waals surface area (Å²) in [4.78, 5) is 12.3. The van der Waals surface area contributed by atoms with Gasteiger partial charge in [0.25, 0.3) is 5.91 Å². The van der Waals surface area contributed by atoms with Gasteiger partial charge in [0.2, 0.25) is 0 Å².